The number of halogens is 1. The van der Waals surface area contributed by atoms with Crippen LogP contribution in [0.1, 0.15) is 40.2 Å². The number of nitrogens with zero attached hydrogens (tertiary/aromatic N) is 2. The molecule has 0 spiro atoms. The number of aliphatic imine (C=N–C) groups is 1. The summed E-state index contributed by atoms with van der Waals surface area (Å²) in [5, 5.41) is 6.11. The third kappa shape index (κ3) is 4.65. The number of rotatable bonds is 4. The number of amides is 1. The van der Waals surface area contributed by atoms with Crippen LogP contribution >= 0.6 is 24.0 Å². The number of likely N-dealkylation sites (tertiary alicyclic amines) is 1. The maximum Gasteiger partial charge on any atom is 0.243 e. The molecule has 0 bridgehead atoms. The number of nitrogens with one attached hydrogen (secondary N) is 2. The molecular weight excluding hydrogens is 427 g/mol. The van der Waals surface area contributed by atoms with Gasteiger partial charge in [0, 0.05) is 30.2 Å². The molecule has 0 aliphatic carbocycles. The second kappa shape index (κ2) is 8.38. The van der Waals surface area contributed by atoms with Gasteiger partial charge in [-0.15, -0.1) is 24.0 Å². The third-order valence-corrected chi connectivity index (χ3v) is 5.38. The highest BCUT2D eigenvalue weighted by molar-refractivity contribution is 14.0. The Morgan fingerprint density at radius 3 is 2.48 bits per heavy atom. The van der Waals surface area contributed by atoms with Crippen LogP contribution in [0, 0.1) is 5.41 Å². The summed E-state index contributed by atoms with van der Waals surface area (Å²) in [6, 6.07) is 7.94. The average Bonchev–Trinajstić information content (AvgIpc) is 2.54. The van der Waals surface area contributed by atoms with Gasteiger partial charge in [0.1, 0.15) is 0 Å². The number of guanidine groups is 1. The molecule has 5 nitrogen and oxygen atoms in total. The van der Waals surface area contributed by atoms with Crippen LogP contribution in [-0.2, 0) is 11.2 Å². The van der Waals surface area contributed by atoms with Gasteiger partial charge < -0.3 is 15.5 Å². The lowest BCUT2D eigenvalue weighted by Crippen LogP contribution is -2.72. The van der Waals surface area contributed by atoms with E-state index in [-0.39, 0.29) is 47.4 Å². The fourth-order valence-electron chi connectivity index (χ4n) is 2.93. The lowest BCUT2D eigenvalue weighted by molar-refractivity contribution is -0.115. The smallest absolute Gasteiger partial charge is 0.243 e. The SMILES string of the molecule is CCc1cccc(NC(=O)CNC(=NC)N2CC(C)(C)C2(C)C)c1.I. The van der Waals surface area contributed by atoms with Crippen molar-refractivity contribution in [2.24, 2.45) is 10.4 Å². The van der Waals surface area contributed by atoms with E-state index in [0.717, 1.165) is 24.6 Å². The molecule has 1 aliphatic rings. The van der Waals surface area contributed by atoms with E-state index in [1.807, 2.05) is 18.2 Å². The predicted molar refractivity (Wildman–Crippen MR) is 116 cm³/mol. The molecule has 0 aromatic heterocycles. The van der Waals surface area contributed by atoms with Gasteiger partial charge in [-0.1, -0.05) is 32.9 Å². The van der Waals surface area contributed by atoms with Crippen molar-refractivity contribution in [1.82, 2.24) is 10.2 Å². The summed E-state index contributed by atoms with van der Waals surface area (Å²) in [5.41, 5.74) is 2.29. The van der Waals surface area contributed by atoms with Gasteiger partial charge in [-0.2, -0.15) is 0 Å². The molecule has 1 fully saturated rings. The average molecular weight is 458 g/mol. The monoisotopic (exact) mass is 458 g/mol. The molecule has 1 aliphatic heterocycles. The fraction of sp³-hybridized carbons (Fsp3) is 0.579. The largest absolute Gasteiger partial charge is 0.347 e. The first-order chi connectivity index (χ1) is 11.2. The van der Waals surface area contributed by atoms with Crippen molar-refractivity contribution < 1.29 is 4.79 Å². The van der Waals surface area contributed by atoms with Crippen LogP contribution in [0.15, 0.2) is 29.3 Å². The van der Waals surface area contributed by atoms with Crippen LogP contribution in [0.5, 0.6) is 0 Å². The molecule has 140 valence electrons. The summed E-state index contributed by atoms with van der Waals surface area (Å²) in [6.45, 7) is 12.2. The van der Waals surface area contributed by atoms with Crippen LogP contribution in [0.2, 0.25) is 0 Å². The second-order valence-electron chi connectivity index (χ2n) is 7.53. The lowest BCUT2D eigenvalue weighted by Gasteiger charge is -2.62. The second-order valence-corrected chi connectivity index (χ2v) is 7.53. The number of carbonyl (C=O) groups excluding carboxylic acids is 1. The fourth-order valence-corrected chi connectivity index (χ4v) is 2.93. The van der Waals surface area contributed by atoms with Crippen LogP contribution in [0.4, 0.5) is 5.69 Å². The number of anilines is 1. The van der Waals surface area contributed by atoms with E-state index in [1.165, 1.54) is 5.56 Å². The Bertz CT molecular complexity index is 640. The van der Waals surface area contributed by atoms with Crippen molar-refractivity contribution in [3.05, 3.63) is 29.8 Å². The molecule has 1 saturated heterocycles. The molecule has 1 amide bonds. The minimum absolute atomic E-state index is 0. The molecule has 25 heavy (non-hydrogen) atoms. The van der Waals surface area contributed by atoms with Crippen molar-refractivity contribution in [1.29, 1.82) is 0 Å². The minimum Gasteiger partial charge on any atom is -0.347 e. The predicted octanol–water partition coefficient (Wildman–Crippen LogP) is 3.50. The van der Waals surface area contributed by atoms with E-state index in [4.69, 9.17) is 0 Å². The molecule has 1 heterocycles. The van der Waals surface area contributed by atoms with Gasteiger partial charge in [-0.3, -0.25) is 9.79 Å². The molecule has 2 N–H and O–H groups in total. The van der Waals surface area contributed by atoms with Crippen molar-refractivity contribution in [3.8, 4) is 0 Å². The molecule has 2 rings (SSSR count). The Morgan fingerprint density at radius 1 is 1.28 bits per heavy atom. The van der Waals surface area contributed by atoms with E-state index in [0.29, 0.717) is 0 Å². The Balaban J connectivity index is 0.00000312. The van der Waals surface area contributed by atoms with Crippen molar-refractivity contribution in [3.63, 3.8) is 0 Å². The normalized spacial score (nSPS) is 18.0. The lowest BCUT2D eigenvalue weighted by atomic mass is 9.65. The summed E-state index contributed by atoms with van der Waals surface area (Å²) < 4.78 is 0. The molecule has 0 unspecified atom stereocenters. The molecule has 0 saturated carbocycles. The van der Waals surface area contributed by atoms with Crippen molar-refractivity contribution in [2.45, 2.75) is 46.6 Å². The van der Waals surface area contributed by atoms with Gasteiger partial charge in [-0.05, 0) is 38.0 Å². The zero-order valence-electron chi connectivity index (χ0n) is 16.1. The first-order valence-corrected chi connectivity index (χ1v) is 8.58. The van der Waals surface area contributed by atoms with Gasteiger partial charge >= 0.3 is 0 Å². The summed E-state index contributed by atoms with van der Waals surface area (Å²) in [7, 11) is 1.76. The third-order valence-electron chi connectivity index (χ3n) is 5.38. The Hall–Kier alpha value is -1.31. The Morgan fingerprint density at radius 2 is 1.96 bits per heavy atom. The number of hydrogen-bond acceptors (Lipinski definition) is 2. The quantitative estimate of drug-likeness (QED) is 0.413. The first kappa shape index (κ1) is 21.7. The topological polar surface area (TPSA) is 56.7 Å². The van der Waals surface area contributed by atoms with E-state index in [1.54, 1.807) is 7.05 Å². The summed E-state index contributed by atoms with van der Waals surface area (Å²) in [4.78, 5) is 18.8. The number of carbonyl (C=O) groups is 1. The maximum absolute atomic E-state index is 12.2. The van der Waals surface area contributed by atoms with Crippen LogP contribution in [0.25, 0.3) is 0 Å². The summed E-state index contributed by atoms with van der Waals surface area (Å²) >= 11 is 0. The molecule has 0 atom stereocenters. The van der Waals surface area contributed by atoms with E-state index >= 15 is 0 Å². The van der Waals surface area contributed by atoms with Gasteiger partial charge in [0.25, 0.3) is 0 Å². The minimum atomic E-state index is -0.0676. The number of aryl methyl sites for hydroxylation is 1. The standard InChI is InChI=1S/C19H30N4O.HI/c1-7-14-9-8-10-15(11-14)22-16(24)12-21-17(20-6)23-13-18(2,3)19(23,4)5;/h8-11H,7,12-13H2,1-6H3,(H,20,21)(H,22,24);1H. The van der Waals surface area contributed by atoms with Crippen LogP contribution in [0.3, 0.4) is 0 Å². The Kier molecular flexibility index (Phi) is 7.28. The zero-order chi connectivity index (χ0) is 18.0. The molecule has 1 aromatic carbocycles. The number of benzene rings is 1. The van der Waals surface area contributed by atoms with Gasteiger partial charge in [-0.25, -0.2) is 0 Å². The molecular formula is C19H31IN4O. The van der Waals surface area contributed by atoms with Gasteiger partial charge in [0.15, 0.2) is 5.96 Å². The molecule has 6 heteroatoms. The van der Waals surface area contributed by atoms with Gasteiger partial charge in [0.2, 0.25) is 5.91 Å². The van der Waals surface area contributed by atoms with Crippen molar-refractivity contribution in [2.75, 3.05) is 25.5 Å². The van der Waals surface area contributed by atoms with Gasteiger partial charge in [0.05, 0.1) is 6.54 Å². The molecule has 0 radical (unpaired) electrons. The maximum atomic E-state index is 12.2. The van der Waals surface area contributed by atoms with Crippen LogP contribution < -0.4 is 10.6 Å². The zero-order valence-corrected chi connectivity index (χ0v) is 18.5. The van der Waals surface area contributed by atoms with E-state index < -0.39 is 0 Å². The highest BCUT2D eigenvalue weighted by atomic mass is 127. The highest BCUT2D eigenvalue weighted by Crippen LogP contribution is 2.46. The van der Waals surface area contributed by atoms with Crippen molar-refractivity contribution >= 4 is 41.5 Å². The first-order valence-electron chi connectivity index (χ1n) is 8.58. The molecule has 1 aromatic rings. The summed E-state index contributed by atoms with van der Waals surface area (Å²) in [6.07, 6.45) is 0.953. The van der Waals surface area contributed by atoms with E-state index in [2.05, 4.69) is 61.2 Å². The number of hydrogen-bond donors (Lipinski definition) is 2. The summed E-state index contributed by atoms with van der Waals surface area (Å²) in [5.74, 6) is 0.707. The Labute approximate surface area is 168 Å². The van der Waals surface area contributed by atoms with Crippen LogP contribution in [-0.4, -0.2) is 42.4 Å². The van der Waals surface area contributed by atoms with E-state index in [9.17, 15) is 4.79 Å². The highest BCUT2D eigenvalue weighted by Gasteiger charge is 2.53.